The number of hydrogen-bond donors (Lipinski definition) is 2. The monoisotopic (exact) mass is 252 g/mol. The number of nitrogens with two attached hydrogens (primary N) is 1. The standard InChI is InChI=1S/C16H16N2O/c17-10-13-15(11-6-2-1-3-7-11)12-8-4-5-9-14(12)18-16(13)19/h1-9,13,15H,10,17H2,(H,18,19). The smallest absolute Gasteiger partial charge is 0.229 e. The van der Waals surface area contributed by atoms with E-state index < -0.39 is 0 Å². The first-order chi connectivity index (χ1) is 9.31. The first-order valence-corrected chi connectivity index (χ1v) is 6.46. The van der Waals surface area contributed by atoms with Crippen molar-refractivity contribution in [1.29, 1.82) is 0 Å². The van der Waals surface area contributed by atoms with E-state index in [2.05, 4.69) is 23.5 Å². The Hall–Kier alpha value is -2.13. The summed E-state index contributed by atoms with van der Waals surface area (Å²) < 4.78 is 0. The number of hydrogen-bond acceptors (Lipinski definition) is 2. The van der Waals surface area contributed by atoms with E-state index >= 15 is 0 Å². The molecule has 0 saturated heterocycles. The zero-order valence-corrected chi connectivity index (χ0v) is 10.5. The molecule has 2 aromatic rings. The number of carbonyl (C=O) groups excluding carboxylic acids is 1. The molecule has 1 heterocycles. The lowest BCUT2D eigenvalue weighted by Gasteiger charge is -2.32. The minimum Gasteiger partial charge on any atom is -0.330 e. The summed E-state index contributed by atoms with van der Waals surface area (Å²) >= 11 is 0. The third-order valence-corrected chi connectivity index (χ3v) is 3.71. The van der Waals surface area contributed by atoms with Crippen LogP contribution in [-0.4, -0.2) is 12.5 Å². The molecule has 0 aliphatic carbocycles. The van der Waals surface area contributed by atoms with Crippen molar-refractivity contribution in [2.75, 3.05) is 11.9 Å². The van der Waals surface area contributed by atoms with Crippen LogP contribution in [0.1, 0.15) is 17.0 Å². The van der Waals surface area contributed by atoms with Gasteiger partial charge in [-0.1, -0.05) is 48.5 Å². The van der Waals surface area contributed by atoms with Gasteiger partial charge in [0.25, 0.3) is 0 Å². The van der Waals surface area contributed by atoms with E-state index in [1.807, 2.05) is 36.4 Å². The number of anilines is 1. The summed E-state index contributed by atoms with van der Waals surface area (Å²) in [6.07, 6.45) is 0. The highest BCUT2D eigenvalue weighted by Crippen LogP contribution is 2.39. The number of carbonyl (C=O) groups is 1. The van der Waals surface area contributed by atoms with Crippen LogP contribution in [0, 0.1) is 5.92 Å². The Morgan fingerprint density at radius 3 is 2.42 bits per heavy atom. The van der Waals surface area contributed by atoms with Crippen molar-refractivity contribution in [3.63, 3.8) is 0 Å². The number of rotatable bonds is 2. The minimum absolute atomic E-state index is 0.00931. The van der Waals surface area contributed by atoms with E-state index in [9.17, 15) is 4.79 Å². The molecule has 0 fully saturated rings. The average molecular weight is 252 g/mol. The van der Waals surface area contributed by atoms with Gasteiger partial charge in [0.15, 0.2) is 0 Å². The molecule has 0 bridgehead atoms. The van der Waals surface area contributed by atoms with Gasteiger partial charge in [0, 0.05) is 18.2 Å². The van der Waals surface area contributed by atoms with Crippen molar-refractivity contribution >= 4 is 11.6 Å². The maximum absolute atomic E-state index is 12.2. The molecule has 19 heavy (non-hydrogen) atoms. The van der Waals surface area contributed by atoms with Gasteiger partial charge in [-0.3, -0.25) is 4.79 Å². The molecule has 1 aliphatic heterocycles. The SMILES string of the molecule is NCC1C(=O)Nc2ccccc2C1c1ccccc1. The largest absolute Gasteiger partial charge is 0.330 e. The van der Waals surface area contributed by atoms with Gasteiger partial charge in [-0.25, -0.2) is 0 Å². The van der Waals surface area contributed by atoms with Gasteiger partial charge in [-0.15, -0.1) is 0 Å². The van der Waals surface area contributed by atoms with Crippen LogP contribution in [0.15, 0.2) is 54.6 Å². The number of benzene rings is 2. The van der Waals surface area contributed by atoms with Gasteiger partial charge in [0.05, 0.1) is 5.92 Å². The lowest BCUT2D eigenvalue weighted by molar-refractivity contribution is -0.120. The molecule has 3 N–H and O–H groups in total. The Morgan fingerprint density at radius 2 is 1.68 bits per heavy atom. The molecule has 2 unspecified atom stereocenters. The number of para-hydroxylation sites is 1. The summed E-state index contributed by atoms with van der Waals surface area (Å²) in [5.74, 6) is -0.163. The molecular weight excluding hydrogens is 236 g/mol. The molecule has 2 aromatic carbocycles. The van der Waals surface area contributed by atoms with Crippen molar-refractivity contribution in [1.82, 2.24) is 0 Å². The second-order valence-corrected chi connectivity index (χ2v) is 4.81. The molecule has 3 rings (SSSR count). The van der Waals surface area contributed by atoms with Gasteiger partial charge in [0.1, 0.15) is 0 Å². The van der Waals surface area contributed by atoms with E-state index in [1.165, 1.54) is 0 Å². The van der Waals surface area contributed by atoms with Crippen molar-refractivity contribution in [2.45, 2.75) is 5.92 Å². The van der Waals surface area contributed by atoms with Crippen LogP contribution >= 0.6 is 0 Å². The molecule has 96 valence electrons. The molecule has 0 radical (unpaired) electrons. The molecular formula is C16H16N2O. The predicted molar refractivity (Wildman–Crippen MR) is 75.9 cm³/mol. The molecule has 1 aliphatic rings. The van der Waals surface area contributed by atoms with Crippen LogP contribution in [0.3, 0.4) is 0 Å². The lowest BCUT2D eigenvalue weighted by atomic mass is 9.77. The van der Waals surface area contributed by atoms with Crippen LogP contribution in [-0.2, 0) is 4.79 Å². The zero-order valence-electron chi connectivity index (χ0n) is 10.5. The summed E-state index contributed by atoms with van der Waals surface area (Å²) in [6, 6.07) is 18.0. The van der Waals surface area contributed by atoms with Crippen LogP contribution in [0.25, 0.3) is 0 Å². The fourth-order valence-electron chi connectivity index (χ4n) is 2.79. The Balaban J connectivity index is 2.15. The minimum atomic E-state index is -0.211. The molecule has 2 atom stereocenters. The lowest BCUT2D eigenvalue weighted by Crippen LogP contribution is -2.38. The van der Waals surface area contributed by atoms with Crippen LogP contribution in [0.4, 0.5) is 5.69 Å². The average Bonchev–Trinajstić information content (AvgIpc) is 2.46. The van der Waals surface area contributed by atoms with Gasteiger partial charge < -0.3 is 11.1 Å². The quantitative estimate of drug-likeness (QED) is 0.862. The number of fused-ring (bicyclic) bond motifs is 1. The fraction of sp³-hybridized carbons (Fsp3) is 0.188. The fourth-order valence-corrected chi connectivity index (χ4v) is 2.79. The molecule has 0 spiro atoms. The van der Waals surface area contributed by atoms with Crippen molar-refractivity contribution in [3.05, 3.63) is 65.7 Å². The van der Waals surface area contributed by atoms with Crippen molar-refractivity contribution in [2.24, 2.45) is 11.7 Å². The van der Waals surface area contributed by atoms with E-state index in [0.717, 1.165) is 16.8 Å². The summed E-state index contributed by atoms with van der Waals surface area (Å²) in [4.78, 5) is 12.2. The maximum Gasteiger partial charge on any atom is 0.229 e. The second kappa shape index (κ2) is 4.86. The maximum atomic E-state index is 12.2. The normalized spacial score (nSPS) is 21.6. The van der Waals surface area contributed by atoms with E-state index in [4.69, 9.17) is 5.73 Å². The van der Waals surface area contributed by atoms with Crippen LogP contribution in [0.2, 0.25) is 0 Å². The van der Waals surface area contributed by atoms with Gasteiger partial charge in [-0.2, -0.15) is 0 Å². The summed E-state index contributed by atoms with van der Waals surface area (Å²) in [7, 11) is 0. The third kappa shape index (κ3) is 2.02. The van der Waals surface area contributed by atoms with Crippen molar-refractivity contribution < 1.29 is 4.79 Å². The highest BCUT2D eigenvalue weighted by molar-refractivity contribution is 5.97. The molecule has 0 aromatic heterocycles. The topological polar surface area (TPSA) is 55.1 Å². The van der Waals surface area contributed by atoms with Crippen molar-refractivity contribution in [3.8, 4) is 0 Å². The van der Waals surface area contributed by atoms with E-state index in [-0.39, 0.29) is 17.7 Å². The first-order valence-electron chi connectivity index (χ1n) is 6.46. The van der Waals surface area contributed by atoms with E-state index in [0.29, 0.717) is 6.54 Å². The van der Waals surface area contributed by atoms with Crippen LogP contribution < -0.4 is 11.1 Å². The molecule has 3 heteroatoms. The highest BCUT2D eigenvalue weighted by Gasteiger charge is 2.35. The predicted octanol–water partition coefficient (Wildman–Crippen LogP) is 2.35. The molecule has 3 nitrogen and oxygen atoms in total. The number of amides is 1. The zero-order chi connectivity index (χ0) is 13.2. The van der Waals surface area contributed by atoms with Gasteiger partial charge in [-0.05, 0) is 17.2 Å². The third-order valence-electron chi connectivity index (χ3n) is 3.71. The van der Waals surface area contributed by atoms with Gasteiger partial charge >= 0.3 is 0 Å². The summed E-state index contributed by atoms with van der Waals surface area (Å²) in [5, 5.41) is 2.94. The highest BCUT2D eigenvalue weighted by atomic mass is 16.2. The first kappa shape index (κ1) is 11.9. The Labute approximate surface area is 112 Å². The Kier molecular flexibility index (Phi) is 3.05. The van der Waals surface area contributed by atoms with Gasteiger partial charge in [0.2, 0.25) is 5.91 Å². The van der Waals surface area contributed by atoms with E-state index in [1.54, 1.807) is 0 Å². The van der Waals surface area contributed by atoms with Crippen LogP contribution in [0.5, 0.6) is 0 Å². The molecule has 0 saturated carbocycles. The summed E-state index contributed by atoms with van der Waals surface area (Å²) in [5.41, 5.74) is 8.99. The Bertz CT molecular complexity index is 595. The second-order valence-electron chi connectivity index (χ2n) is 4.81. The molecule has 1 amide bonds. The summed E-state index contributed by atoms with van der Waals surface area (Å²) in [6.45, 7) is 0.347. The number of nitrogens with one attached hydrogen (secondary N) is 1. The Morgan fingerprint density at radius 1 is 1.00 bits per heavy atom.